The van der Waals surface area contributed by atoms with Gasteiger partial charge in [0, 0.05) is 29.4 Å². The quantitative estimate of drug-likeness (QED) is 0.243. The van der Waals surface area contributed by atoms with E-state index in [9.17, 15) is 18.0 Å². The number of fused-ring (bicyclic) bond motifs is 3. The van der Waals surface area contributed by atoms with Crippen LogP contribution in [0.25, 0.3) is 0 Å². The first-order valence-corrected chi connectivity index (χ1v) is 13.6. The number of hydrogen-bond acceptors (Lipinski definition) is 3. The van der Waals surface area contributed by atoms with Crippen molar-refractivity contribution in [3.05, 3.63) is 95.8 Å². The van der Waals surface area contributed by atoms with Crippen LogP contribution in [0.2, 0.25) is 0 Å². The average molecular weight is 528 g/mol. The van der Waals surface area contributed by atoms with Crippen molar-refractivity contribution in [3.63, 3.8) is 0 Å². The molecule has 0 aliphatic carbocycles. The van der Waals surface area contributed by atoms with Gasteiger partial charge >= 0.3 is 6.09 Å². The molecule has 3 aliphatic heterocycles. The number of thioether (sulfide) groups is 1. The minimum Gasteiger partial charge on any atom is -0.440 e. The first-order chi connectivity index (χ1) is 17.9. The summed E-state index contributed by atoms with van der Waals surface area (Å²) in [6, 6.07) is 19.5. The lowest BCUT2D eigenvalue weighted by molar-refractivity contribution is -0.943. The van der Waals surface area contributed by atoms with Gasteiger partial charge in [-0.1, -0.05) is 30.3 Å². The molecule has 0 unspecified atom stereocenters. The zero-order chi connectivity index (χ0) is 25.8. The van der Waals surface area contributed by atoms with Crippen LogP contribution in [0.1, 0.15) is 18.4 Å². The number of amides is 1. The van der Waals surface area contributed by atoms with Crippen LogP contribution in [0.3, 0.4) is 0 Å². The minimum atomic E-state index is -0.998. The summed E-state index contributed by atoms with van der Waals surface area (Å²) >= 11 is 1.84. The van der Waals surface area contributed by atoms with E-state index in [1.165, 1.54) is 34.1 Å². The highest BCUT2D eigenvalue weighted by Gasteiger charge is 2.47. The molecular formula is C29H30F3N2O2S+. The third kappa shape index (κ3) is 6.13. The number of carbonyl (C=O) groups is 1. The van der Waals surface area contributed by atoms with Gasteiger partial charge in [-0.3, -0.25) is 4.90 Å². The van der Waals surface area contributed by atoms with Crippen molar-refractivity contribution in [1.82, 2.24) is 0 Å². The monoisotopic (exact) mass is 527 g/mol. The molecule has 0 spiro atoms. The molecule has 3 saturated heterocycles. The van der Waals surface area contributed by atoms with Crippen LogP contribution in [0, 0.1) is 23.4 Å². The van der Waals surface area contributed by atoms with E-state index >= 15 is 0 Å². The van der Waals surface area contributed by atoms with E-state index in [-0.39, 0.29) is 12.6 Å². The molecule has 1 atom stereocenters. The molecule has 194 valence electrons. The van der Waals surface area contributed by atoms with Crippen LogP contribution >= 0.6 is 11.8 Å². The number of ether oxygens (including phenoxy) is 1. The molecule has 1 amide bonds. The number of piperidine rings is 3. The third-order valence-corrected chi connectivity index (χ3v) is 8.53. The molecule has 3 aromatic rings. The predicted molar refractivity (Wildman–Crippen MR) is 139 cm³/mol. The largest absolute Gasteiger partial charge is 0.440 e. The van der Waals surface area contributed by atoms with E-state index in [1.54, 1.807) is 6.07 Å². The highest BCUT2D eigenvalue weighted by Crippen LogP contribution is 2.37. The second kappa shape index (κ2) is 11.2. The van der Waals surface area contributed by atoms with Crippen LogP contribution in [-0.2, 0) is 11.3 Å². The SMILES string of the molecule is O=C(O[C@H]1C[N+]2(CCSc3ccccc3)CCC1CC2)N(Cc1ccc(F)c(F)c1)c1cccc(F)c1. The van der Waals surface area contributed by atoms with Crippen molar-refractivity contribution in [2.75, 3.05) is 36.8 Å². The zero-order valence-electron chi connectivity index (χ0n) is 20.5. The Hall–Kier alpha value is -2.97. The highest BCUT2D eigenvalue weighted by molar-refractivity contribution is 7.99. The molecule has 3 aromatic carbocycles. The van der Waals surface area contributed by atoms with Crippen LogP contribution in [0.5, 0.6) is 0 Å². The normalized spacial score (nSPS) is 22.6. The molecule has 0 saturated carbocycles. The van der Waals surface area contributed by atoms with Crippen LogP contribution < -0.4 is 4.90 Å². The van der Waals surface area contributed by atoms with Crippen molar-refractivity contribution in [3.8, 4) is 0 Å². The van der Waals surface area contributed by atoms with Crippen LogP contribution in [0.15, 0.2) is 77.7 Å². The summed E-state index contributed by atoms with van der Waals surface area (Å²) in [5.74, 6) is -1.18. The molecule has 8 heteroatoms. The first-order valence-electron chi connectivity index (χ1n) is 12.6. The van der Waals surface area contributed by atoms with E-state index in [1.807, 2.05) is 30.0 Å². The van der Waals surface area contributed by atoms with Gasteiger partial charge in [0.25, 0.3) is 0 Å². The van der Waals surface area contributed by atoms with E-state index in [2.05, 4.69) is 12.1 Å². The molecule has 4 nitrogen and oxygen atoms in total. The topological polar surface area (TPSA) is 29.5 Å². The molecule has 3 aliphatic rings. The second-order valence-electron chi connectivity index (χ2n) is 9.93. The molecule has 3 heterocycles. The lowest BCUT2D eigenvalue weighted by Gasteiger charge is -2.52. The van der Waals surface area contributed by atoms with E-state index in [4.69, 9.17) is 4.74 Å². The Morgan fingerprint density at radius 3 is 2.46 bits per heavy atom. The second-order valence-corrected chi connectivity index (χ2v) is 11.1. The van der Waals surface area contributed by atoms with Gasteiger partial charge in [-0.15, -0.1) is 11.8 Å². The fourth-order valence-corrected chi connectivity index (χ4v) is 6.53. The number of halogens is 3. The standard InChI is InChI=1S/C29H30F3N2O2S/c30-23-5-4-6-24(18-23)33(19-21-9-10-26(31)27(32)17-21)29(35)36-28-20-34(13-11-22(28)12-14-34)15-16-37-25-7-2-1-3-8-25/h1-10,17-18,22,28H,11-16,19-20H2/q+1/t22?,28-,34?/m0/s1. The van der Waals surface area contributed by atoms with Crippen molar-refractivity contribution in [2.24, 2.45) is 5.92 Å². The average Bonchev–Trinajstić information content (AvgIpc) is 2.90. The Morgan fingerprint density at radius 2 is 1.73 bits per heavy atom. The fraction of sp³-hybridized carbons (Fsp3) is 0.345. The van der Waals surface area contributed by atoms with Crippen LogP contribution in [0.4, 0.5) is 23.7 Å². The molecule has 2 bridgehead atoms. The molecule has 37 heavy (non-hydrogen) atoms. The molecule has 0 N–H and O–H groups in total. The van der Waals surface area contributed by atoms with Crippen LogP contribution in [-0.4, -0.2) is 48.6 Å². The number of carbonyl (C=O) groups excluding carboxylic acids is 1. The fourth-order valence-electron chi connectivity index (χ4n) is 5.46. The van der Waals surface area contributed by atoms with E-state index in [0.29, 0.717) is 17.2 Å². The summed E-state index contributed by atoms with van der Waals surface area (Å²) in [5, 5.41) is 0. The van der Waals surface area contributed by atoms with Crippen molar-refractivity contribution in [2.45, 2.75) is 30.4 Å². The van der Waals surface area contributed by atoms with E-state index in [0.717, 1.165) is 61.4 Å². The number of rotatable bonds is 8. The maximum Gasteiger partial charge on any atom is 0.415 e. The van der Waals surface area contributed by atoms with Gasteiger partial charge in [-0.2, -0.15) is 0 Å². The number of quaternary nitrogens is 1. The smallest absolute Gasteiger partial charge is 0.415 e. The predicted octanol–water partition coefficient (Wildman–Crippen LogP) is 6.65. The Labute approximate surface area is 219 Å². The van der Waals surface area contributed by atoms with Crippen molar-refractivity contribution >= 4 is 23.5 Å². The maximum atomic E-state index is 14.0. The van der Waals surface area contributed by atoms with E-state index < -0.39 is 23.5 Å². The van der Waals surface area contributed by atoms with Gasteiger partial charge in [0.15, 0.2) is 17.7 Å². The first kappa shape index (κ1) is 25.7. The Bertz CT molecular complexity index is 1230. The summed E-state index contributed by atoms with van der Waals surface area (Å²) in [5.41, 5.74) is 0.689. The molecule has 3 fully saturated rings. The zero-order valence-corrected chi connectivity index (χ0v) is 21.3. The Kier molecular flexibility index (Phi) is 7.76. The number of benzene rings is 3. The van der Waals surface area contributed by atoms with Crippen molar-refractivity contribution in [1.29, 1.82) is 0 Å². The van der Waals surface area contributed by atoms with Gasteiger partial charge in [0.05, 0.1) is 31.9 Å². The number of hydrogen-bond donors (Lipinski definition) is 0. The van der Waals surface area contributed by atoms with Gasteiger partial charge in [-0.25, -0.2) is 18.0 Å². The summed E-state index contributed by atoms with van der Waals surface area (Å²) in [4.78, 5) is 16.0. The maximum absolute atomic E-state index is 14.0. The van der Waals surface area contributed by atoms with Gasteiger partial charge < -0.3 is 9.22 Å². The summed E-state index contributed by atoms with van der Waals surface area (Å²) in [6.45, 7) is 3.86. The van der Waals surface area contributed by atoms with Gasteiger partial charge in [0.1, 0.15) is 12.4 Å². The third-order valence-electron chi connectivity index (χ3n) is 7.54. The highest BCUT2D eigenvalue weighted by atomic mass is 32.2. The molecular weight excluding hydrogens is 497 g/mol. The minimum absolute atomic E-state index is 0.0649. The van der Waals surface area contributed by atoms with Crippen molar-refractivity contribution < 1.29 is 27.2 Å². The number of nitrogens with zero attached hydrogens (tertiary/aromatic N) is 2. The summed E-state index contributed by atoms with van der Waals surface area (Å²) < 4.78 is 48.3. The number of anilines is 1. The molecule has 6 rings (SSSR count). The lowest BCUT2D eigenvalue weighted by atomic mass is 9.83. The Balaban J connectivity index is 1.28. The molecule has 0 aromatic heterocycles. The summed E-state index contributed by atoms with van der Waals surface area (Å²) in [7, 11) is 0. The summed E-state index contributed by atoms with van der Waals surface area (Å²) in [6.07, 6.45) is 1.15. The lowest BCUT2D eigenvalue weighted by Crippen LogP contribution is -2.65. The Morgan fingerprint density at radius 1 is 0.946 bits per heavy atom. The molecule has 0 radical (unpaired) electrons. The van der Waals surface area contributed by atoms with Gasteiger partial charge in [-0.05, 0) is 48.0 Å². The van der Waals surface area contributed by atoms with Gasteiger partial charge in [0.2, 0.25) is 0 Å².